The average molecular weight is 493 g/mol. The van der Waals surface area contributed by atoms with Crippen molar-refractivity contribution in [3.63, 3.8) is 0 Å². The van der Waals surface area contributed by atoms with E-state index in [0.717, 1.165) is 0 Å². The molecule has 0 aromatic heterocycles. The van der Waals surface area contributed by atoms with Gasteiger partial charge in [0.1, 0.15) is 0 Å². The number of hydrogen-bond acceptors (Lipinski definition) is 7. The van der Waals surface area contributed by atoms with Gasteiger partial charge >= 0.3 is 0 Å². The number of rotatable bonds is 9. The van der Waals surface area contributed by atoms with E-state index in [1.54, 1.807) is 26.2 Å². The first-order valence-electron chi connectivity index (χ1n) is 9.10. The summed E-state index contributed by atoms with van der Waals surface area (Å²) in [6, 6.07) is 8.51. The van der Waals surface area contributed by atoms with Gasteiger partial charge in [-0.25, -0.2) is 5.43 Å². The van der Waals surface area contributed by atoms with Crippen LogP contribution in [-0.2, 0) is 4.79 Å². The number of likely N-dealkylation sites (N-methyl/N-ethyl adjacent to an activating group) is 1. The third-order valence-corrected chi connectivity index (χ3v) is 4.48. The molecule has 0 unspecified atom stereocenters. The Morgan fingerprint density at radius 3 is 2.48 bits per heavy atom. The summed E-state index contributed by atoms with van der Waals surface area (Å²) in [5, 5.41) is 14.6. The van der Waals surface area contributed by atoms with Crippen molar-refractivity contribution >= 4 is 39.6 Å². The lowest BCUT2D eigenvalue weighted by Gasteiger charge is -2.16. The molecule has 1 N–H and O–H groups in total. The molecule has 2 rings (SSSR count). The van der Waals surface area contributed by atoms with Gasteiger partial charge in [-0.3, -0.25) is 19.7 Å². The maximum Gasteiger partial charge on any atom is 0.271 e. The number of nitrogens with zero attached hydrogens (tertiary/aromatic N) is 3. The SMILES string of the molecule is CCOc1cc(C=NNC(=O)c2ccc([N+](=O)[O-])cc2)cc(Br)c1OCC(=O)N(C)C. The van der Waals surface area contributed by atoms with Crippen LogP contribution in [0.25, 0.3) is 0 Å². The second-order valence-electron chi connectivity index (χ2n) is 6.34. The molecule has 0 saturated heterocycles. The molecule has 2 amide bonds. The number of halogens is 1. The van der Waals surface area contributed by atoms with Gasteiger partial charge in [0, 0.05) is 31.8 Å². The Hall–Kier alpha value is -3.47. The Bertz CT molecular complexity index is 992. The van der Waals surface area contributed by atoms with Crippen LogP contribution in [0.1, 0.15) is 22.8 Å². The summed E-state index contributed by atoms with van der Waals surface area (Å²) in [4.78, 5) is 35.5. The molecule has 0 aliphatic rings. The lowest BCUT2D eigenvalue weighted by Crippen LogP contribution is -2.27. The summed E-state index contributed by atoms with van der Waals surface area (Å²) in [5.74, 6) is 0.0713. The van der Waals surface area contributed by atoms with Gasteiger partial charge in [-0.05, 0) is 52.7 Å². The average Bonchev–Trinajstić information content (AvgIpc) is 2.73. The number of carbonyl (C=O) groups excluding carboxylic acids is 2. The molecule has 0 saturated carbocycles. The molecule has 0 aliphatic carbocycles. The topological polar surface area (TPSA) is 123 Å². The third kappa shape index (κ3) is 6.78. The van der Waals surface area contributed by atoms with Crippen LogP contribution in [0.2, 0.25) is 0 Å². The van der Waals surface area contributed by atoms with Crippen molar-refractivity contribution in [2.45, 2.75) is 6.92 Å². The minimum Gasteiger partial charge on any atom is -0.490 e. The van der Waals surface area contributed by atoms with Gasteiger partial charge in [0.15, 0.2) is 18.1 Å². The summed E-state index contributed by atoms with van der Waals surface area (Å²) in [6.07, 6.45) is 1.41. The molecule has 2 aromatic rings. The molecule has 0 spiro atoms. The fourth-order valence-electron chi connectivity index (χ4n) is 2.29. The number of benzene rings is 2. The number of amides is 2. The number of non-ortho nitro benzene ring substituents is 1. The van der Waals surface area contributed by atoms with E-state index in [2.05, 4.69) is 26.5 Å². The van der Waals surface area contributed by atoms with Gasteiger partial charge in [0.05, 0.1) is 22.2 Å². The molecule has 0 radical (unpaired) electrons. The van der Waals surface area contributed by atoms with Gasteiger partial charge < -0.3 is 14.4 Å². The highest BCUT2D eigenvalue weighted by atomic mass is 79.9. The van der Waals surface area contributed by atoms with Crippen molar-refractivity contribution in [3.05, 3.63) is 62.1 Å². The van der Waals surface area contributed by atoms with E-state index in [-0.39, 0.29) is 23.8 Å². The van der Waals surface area contributed by atoms with Crippen molar-refractivity contribution in [3.8, 4) is 11.5 Å². The summed E-state index contributed by atoms with van der Waals surface area (Å²) in [5.41, 5.74) is 3.08. The maximum atomic E-state index is 12.1. The van der Waals surface area contributed by atoms with Crippen molar-refractivity contribution in [1.29, 1.82) is 0 Å². The molecule has 164 valence electrons. The predicted octanol–water partition coefficient (Wildman–Crippen LogP) is 2.99. The Balaban J connectivity index is 2.11. The lowest BCUT2D eigenvalue weighted by molar-refractivity contribution is -0.384. The Morgan fingerprint density at radius 2 is 1.90 bits per heavy atom. The summed E-state index contributed by atoms with van der Waals surface area (Å²) in [7, 11) is 3.27. The number of nitrogens with one attached hydrogen (secondary N) is 1. The second kappa shape index (κ2) is 11.1. The highest BCUT2D eigenvalue weighted by Crippen LogP contribution is 2.36. The largest absolute Gasteiger partial charge is 0.490 e. The van der Waals surface area contributed by atoms with E-state index in [9.17, 15) is 19.7 Å². The Morgan fingerprint density at radius 1 is 1.23 bits per heavy atom. The molecule has 10 nitrogen and oxygen atoms in total. The van der Waals surface area contributed by atoms with Crippen molar-refractivity contribution < 1.29 is 24.0 Å². The van der Waals surface area contributed by atoms with Crippen molar-refractivity contribution in [2.24, 2.45) is 5.10 Å². The normalized spacial score (nSPS) is 10.6. The summed E-state index contributed by atoms with van der Waals surface area (Å²) < 4.78 is 11.7. The smallest absolute Gasteiger partial charge is 0.271 e. The molecule has 0 bridgehead atoms. The van der Waals surface area contributed by atoms with Crippen molar-refractivity contribution in [1.82, 2.24) is 10.3 Å². The fourth-order valence-corrected chi connectivity index (χ4v) is 2.87. The molecular formula is C20H21BrN4O6. The van der Waals surface area contributed by atoms with Gasteiger partial charge in [0.2, 0.25) is 0 Å². The number of hydrazone groups is 1. The molecule has 2 aromatic carbocycles. The highest BCUT2D eigenvalue weighted by Gasteiger charge is 2.15. The molecular weight excluding hydrogens is 472 g/mol. The van der Waals surface area contributed by atoms with Crippen LogP contribution in [0.5, 0.6) is 11.5 Å². The number of nitro groups is 1. The van der Waals surface area contributed by atoms with Crippen LogP contribution >= 0.6 is 15.9 Å². The number of carbonyl (C=O) groups is 2. The predicted molar refractivity (Wildman–Crippen MR) is 118 cm³/mol. The van der Waals surface area contributed by atoms with Crippen LogP contribution in [-0.4, -0.2) is 55.2 Å². The van der Waals surface area contributed by atoms with E-state index in [1.807, 2.05) is 6.92 Å². The molecule has 0 fully saturated rings. The second-order valence-corrected chi connectivity index (χ2v) is 7.20. The molecule has 0 aliphatic heterocycles. The Kier molecular flexibility index (Phi) is 8.50. The minimum atomic E-state index is -0.544. The molecule has 0 atom stereocenters. The zero-order valence-corrected chi connectivity index (χ0v) is 18.7. The van der Waals surface area contributed by atoms with E-state index in [4.69, 9.17) is 9.47 Å². The first-order valence-corrected chi connectivity index (χ1v) is 9.89. The van der Waals surface area contributed by atoms with Gasteiger partial charge in [-0.2, -0.15) is 5.10 Å². The van der Waals surface area contributed by atoms with Gasteiger partial charge in [0.25, 0.3) is 17.5 Å². The van der Waals surface area contributed by atoms with Crippen molar-refractivity contribution in [2.75, 3.05) is 27.3 Å². The van der Waals surface area contributed by atoms with Gasteiger partial charge in [-0.15, -0.1) is 0 Å². The molecule has 11 heteroatoms. The quantitative estimate of drug-likeness (QED) is 0.326. The maximum absolute atomic E-state index is 12.1. The van der Waals surface area contributed by atoms with E-state index < -0.39 is 10.8 Å². The first kappa shape index (κ1) is 23.8. The Labute approximate surface area is 187 Å². The highest BCUT2D eigenvalue weighted by molar-refractivity contribution is 9.10. The summed E-state index contributed by atoms with van der Waals surface area (Å²) in [6.45, 7) is 2.04. The van der Waals surface area contributed by atoms with Crippen LogP contribution in [0.4, 0.5) is 5.69 Å². The number of hydrogen-bond donors (Lipinski definition) is 1. The fraction of sp³-hybridized carbons (Fsp3) is 0.250. The van der Waals surface area contributed by atoms with Crippen LogP contribution in [0.15, 0.2) is 46.0 Å². The van der Waals surface area contributed by atoms with Crippen LogP contribution in [0, 0.1) is 10.1 Å². The number of nitro benzene ring substituents is 1. The zero-order chi connectivity index (χ0) is 23.0. The van der Waals surface area contributed by atoms with E-state index in [1.165, 1.54) is 35.4 Å². The van der Waals surface area contributed by atoms with E-state index in [0.29, 0.717) is 28.1 Å². The lowest BCUT2D eigenvalue weighted by atomic mass is 10.2. The summed E-state index contributed by atoms with van der Waals surface area (Å²) >= 11 is 3.40. The standard InChI is InChI=1S/C20H21BrN4O6/c1-4-30-17-10-13(9-16(21)19(17)31-12-18(26)24(2)3)11-22-23-20(27)14-5-7-15(8-6-14)25(28)29/h5-11H,4,12H2,1-3H3,(H,23,27). The molecule has 31 heavy (non-hydrogen) atoms. The first-order chi connectivity index (χ1) is 14.7. The number of ether oxygens (including phenoxy) is 2. The van der Waals surface area contributed by atoms with E-state index >= 15 is 0 Å². The van der Waals surface area contributed by atoms with Crippen LogP contribution in [0.3, 0.4) is 0 Å². The zero-order valence-electron chi connectivity index (χ0n) is 17.1. The minimum absolute atomic E-state index is 0.108. The molecule has 0 heterocycles. The van der Waals surface area contributed by atoms with Gasteiger partial charge in [-0.1, -0.05) is 0 Å². The third-order valence-electron chi connectivity index (χ3n) is 3.89. The van der Waals surface area contributed by atoms with Crippen LogP contribution < -0.4 is 14.9 Å². The monoisotopic (exact) mass is 492 g/mol.